The van der Waals surface area contributed by atoms with Gasteiger partial charge in [0.15, 0.2) is 0 Å². The third-order valence-corrected chi connectivity index (χ3v) is 5.87. The maximum absolute atomic E-state index is 9.71. The molecule has 2 aliphatic heterocycles. The Bertz CT molecular complexity index is 857. The van der Waals surface area contributed by atoms with Gasteiger partial charge >= 0.3 is 0 Å². The quantitative estimate of drug-likeness (QED) is 0.620. The second-order valence-electron chi connectivity index (χ2n) is 7.84. The maximum Gasteiger partial charge on any atom is 0.138 e. The third kappa shape index (κ3) is 3.99. The van der Waals surface area contributed by atoms with Crippen molar-refractivity contribution in [2.45, 2.75) is 32.6 Å². The molecule has 1 aliphatic carbocycles. The summed E-state index contributed by atoms with van der Waals surface area (Å²) in [5, 5.41) is 9.71. The lowest BCUT2D eigenvalue weighted by Crippen LogP contribution is -2.48. The molecule has 148 valence electrons. The number of phenols is 1. The van der Waals surface area contributed by atoms with E-state index in [4.69, 9.17) is 10.7 Å². The molecule has 1 aromatic carbocycles. The SMILES string of the molecule is CCCN1CCN(C2=NC3=C(CC=C2)CCC(c2ccc(O)c(N)c2)=C3)CC1. The summed E-state index contributed by atoms with van der Waals surface area (Å²) in [6, 6.07) is 5.48. The number of piperazine rings is 1. The Labute approximate surface area is 167 Å². The van der Waals surface area contributed by atoms with E-state index in [0.717, 1.165) is 62.5 Å². The van der Waals surface area contributed by atoms with Crippen molar-refractivity contribution in [3.8, 4) is 5.75 Å². The van der Waals surface area contributed by atoms with E-state index in [-0.39, 0.29) is 5.75 Å². The number of allylic oxidation sites excluding steroid dienone is 4. The fourth-order valence-electron chi connectivity index (χ4n) is 4.21. The first-order chi connectivity index (χ1) is 13.6. The number of nitrogens with zero attached hydrogens (tertiary/aromatic N) is 3. The molecule has 0 unspecified atom stereocenters. The van der Waals surface area contributed by atoms with Crippen LogP contribution >= 0.6 is 0 Å². The molecule has 3 N–H and O–H groups in total. The normalized spacial score (nSPS) is 20.5. The van der Waals surface area contributed by atoms with Gasteiger partial charge in [0.25, 0.3) is 0 Å². The zero-order chi connectivity index (χ0) is 19.5. The van der Waals surface area contributed by atoms with Crippen molar-refractivity contribution in [3.05, 3.63) is 53.3 Å². The third-order valence-electron chi connectivity index (χ3n) is 5.87. The average molecular weight is 379 g/mol. The number of nitrogen functional groups attached to an aromatic ring is 1. The van der Waals surface area contributed by atoms with Crippen LogP contribution in [0.5, 0.6) is 5.75 Å². The standard InChI is InChI=1S/C23H30N4O/c1-2-10-26-11-13-27(14-12-26)23-5-3-4-17-6-7-19(16-21(17)25-23)18-8-9-22(28)20(24)15-18/h3,5,8-9,15-16,28H,2,4,6-7,10-14,24H2,1H3. The van der Waals surface area contributed by atoms with E-state index in [1.54, 1.807) is 6.07 Å². The van der Waals surface area contributed by atoms with Gasteiger partial charge in [-0.3, -0.25) is 4.90 Å². The number of phenolic OH excluding ortho intramolecular Hbond substituents is 1. The number of benzene rings is 1. The van der Waals surface area contributed by atoms with E-state index in [0.29, 0.717) is 5.69 Å². The van der Waals surface area contributed by atoms with Crippen LogP contribution in [0.3, 0.4) is 0 Å². The number of aromatic hydroxyl groups is 1. The van der Waals surface area contributed by atoms with Crippen molar-refractivity contribution < 1.29 is 5.11 Å². The summed E-state index contributed by atoms with van der Waals surface area (Å²) in [7, 11) is 0. The van der Waals surface area contributed by atoms with Crippen molar-refractivity contribution in [2.24, 2.45) is 4.99 Å². The summed E-state index contributed by atoms with van der Waals surface area (Å²) in [6.07, 6.45) is 10.9. The summed E-state index contributed by atoms with van der Waals surface area (Å²) >= 11 is 0. The average Bonchev–Trinajstić information content (AvgIpc) is 2.93. The summed E-state index contributed by atoms with van der Waals surface area (Å²) in [5.74, 6) is 1.23. The van der Waals surface area contributed by atoms with Crippen molar-refractivity contribution in [2.75, 3.05) is 38.5 Å². The molecule has 0 spiro atoms. The van der Waals surface area contributed by atoms with Crippen LogP contribution in [0.2, 0.25) is 0 Å². The van der Waals surface area contributed by atoms with Crippen LogP contribution in [0.4, 0.5) is 5.69 Å². The molecule has 28 heavy (non-hydrogen) atoms. The molecule has 4 rings (SSSR count). The molecule has 5 heteroatoms. The van der Waals surface area contributed by atoms with Crippen molar-refractivity contribution >= 4 is 17.1 Å². The molecule has 1 fully saturated rings. The van der Waals surface area contributed by atoms with Gasteiger partial charge in [-0.25, -0.2) is 4.99 Å². The lowest BCUT2D eigenvalue weighted by Gasteiger charge is -2.35. The maximum atomic E-state index is 9.71. The number of nitrogens with two attached hydrogens (primary N) is 1. The highest BCUT2D eigenvalue weighted by Crippen LogP contribution is 2.35. The van der Waals surface area contributed by atoms with E-state index in [9.17, 15) is 5.11 Å². The van der Waals surface area contributed by atoms with Gasteiger partial charge in [0.2, 0.25) is 0 Å². The molecule has 0 bridgehead atoms. The summed E-state index contributed by atoms with van der Waals surface area (Å²) in [5.41, 5.74) is 11.1. The van der Waals surface area contributed by atoms with Crippen LogP contribution in [-0.2, 0) is 0 Å². The highest BCUT2D eigenvalue weighted by Gasteiger charge is 2.21. The number of rotatable bonds is 3. The molecule has 0 radical (unpaired) electrons. The Morgan fingerprint density at radius 1 is 1.14 bits per heavy atom. The Morgan fingerprint density at radius 2 is 1.96 bits per heavy atom. The van der Waals surface area contributed by atoms with E-state index >= 15 is 0 Å². The molecule has 0 saturated carbocycles. The highest BCUT2D eigenvalue weighted by atomic mass is 16.3. The summed E-state index contributed by atoms with van der Waals surface area (Å²) in [4.78, 5) is 10.0. The lowest BCUT2D eigenvalue weighted by atomic mass is 9.90. The molecular weight excluding hydrogens is 348 g/mol. The fraction of sp³-hybridized carbons (Fsp3) is 0.435. The first kappa shape index (κ1) is 18.8. The van der Waals surface area contributed by atoms with Crippen molar-refractivity contribution in [1.29, 1.82) is 0 Å². The second kappa shape index (κ2) is 8.23. The molecule has 2 heterocycles. The van der Waals surface area contributed by atoms with Gasteiger partial charge in [-0.1, -0.05) is 19.1 Å². The molecule has 0 amide bonds. The first-order valence-corrected chi connectivity index (χ1v) is 10.4. The largest absolute Gasteiger partial charge is 0.506 e. The molecular formula is C23H30N4O. The van der Waals surface area contributed by atoms with Gasteiger partial charge in [0.1, 0.15) is 11.6 Å². The monoisotopic (exact) mass is 378 g/mol. The Kier molecular flexibility index (Phi) is 5.53. The van der Waals surface area contributed by atoms with Gasteiger partial charge in [-0.2, -0.15) is 0 Å². The van der Waals surface area contributed by atoms with Gasteiger partial charge in [-0.15, -0.1) is 0 Å². The topological polar surface area (TPSA) is 65.1 Å². The van der Waals surface area contributed by atoms with Crippen LogP contribution in [0.1, 0.15) is 38.2 Å². The van der Waals surface area contributed by atoms with Gasteiger partial charge in [0, 0.05) is 26.2 Å². The Balaban J connectivity index is 1.56. The van der Waals surface area contributed by atoms with Gasteiger partial charge < -0.3 is 15.7 Å². The van der Waals surface area contributed by atoms with Crippen LogP contribution in [0, 0.1) is 0 Å². The predicted molar refractivity (Wildman–Crippen MR) is 116 cm³/mol. The zero-order valence-corrected chi connectivity index (χ0v) is 16.7. The number of aliphatic imine (C=N–C) groups is 1. The summed E-state index contributed by atoms with van der Waals surface area (Å²) < 4.78 is 0. The number of hydrogen-bond donors (Lipinski definition) is 2. The molecule has 0 aromatic heterocycles. The molecule has 5 nitrogen and oxygen atoms in total. The van der Waals surface area contributed by atoms with Crippen molar-refractivity contribution in [1.82, 2.24) is 9.80 Å². The molecule has 1 aromatic rings. The number of anilines is 1. The van der Waals surface area contributed by atoms with Gasteiger partial charge in [0.05, 0.1) is 11.4 Å². The zero-order valence-electron chi connectivity index (χ0n) is 16.7. The minimum absolute atomic E-state index is 0.140. The second-order valence-corrected chi connectivity index (χ2v) is 7.84. The van der Waals surface area contributed by atoms with E-state index in [1.807, 2.05) is 12.1 Å². The van der Waals surface area contributed by atoms with E-state index < -0.39 is 0 Å². The smallest absolute Gasteiger partial charge is 0.138 e. The van der Waals surface area contributed by atoms with Crippen LogP contribution in [-0.4, -0.2) is 53.5 Å². The number of amidine groups is 1. The Morgan fingerprint density at radius 3 is 2.71 bits per heavy atom. The molecule has 3 aliphatic rings. The Hall–Kier alpha value is -2.53. The van der Waals surface area contributed by atoms with Gasteiger partial charge in [-0.05, 0) is 73.2 Å². The van der Waals surface area contributed by atoms with Crippen LogP contribution in [0.25, 0.3) is 5.57 Å². The van der Waals surface area contributed by atoms with Crippen LogP contribution in [0.15, 0.2) is 52.7 Å². The molecule has 0 atom stereocenters. The minimum atomic E-state index is 0.140. The first-order valence-electron chi connectivity index (χ1n) is 10.4. The molecule has 1 saturated heterocycles. The summed E-state index contributed by atoms with van der Waals surface area (Å²) in [6.45, 7) is 7.73. The highest BCUT2D eigenvalue weighted by molar-refractivity contribution is 5.95. The lowest BCUT2D eigenvalue weighted by molar-refractivity contribution is 0.183. The van der Waals surface area contributed by atoms with Crippen molar-refractivity contribution in [3.63, 3.8) is 0 Å². The van der Waals surface area contributed by atoms with E-state index in [2.05, 4.69) is 35.0 Å². The van der Waals surface area contributed by atoms with Crippen LogP contribution < -0.4 is 5.73 Å². The fourth-order valence-corrected chi connectivity index (χ4v) is 4.21. The number of hydrogen-bond acceptors (Lipinski definition) is 5. The minimum Gasteiger partial charge on any atom is -0.506 e. The van der Waals surface area contributed by atoms with E-state index in [1.165, 1.54) is 24.1 Å². The predicted octanol–water partition coefficient (Wildman–Crippen LogP) is 3.79.